The zero-order valence-electron chi connectivity index (χ0n) is 11.9. The summed E-state index contributed by atoms with van der Waals surface area (Å²) in [4.78, 5) is 0. The van der Waals surface area contributed by atoms with Gasteiger partial charge < -0.3 is 4.74 Å². The number of rotatable bonds is 4. The van der Waals surface area contributed by atoms with E-state index in [1.165, 1.54) is 22.4 Å². The normalized spacial score (nSPS) is 10.4. The summed E-state index contributed by atoms with van der Waals surface area (Å²) in [6.45, 7) is 0.395. The topological polar surface area (TPSA) is 33.0 Å². The van der Waals surface area contributed by atoms with E-state index < -0.39 is 5.82 Å². The van der Waals surface area contributed by atoms with E-state index in [2.05, 4.69) is 24.3 Å². The van der Waals surface area contributed by atoms with E-state index in [9.17, 15) is 4.39 Å². The molecule has 0 fully saturated rings. The van der Waals surface area contributed by atoms with Crippen molar-refractivity contribution in [1.29, 1.82) is 5.26 Å². The number of benzene rings is 3. The molecule has 0 saturated heterocycles. The predicted octanol–water partition coefficient (Wildman–Crippen LogP) is 4.47. The molecule has 3 heteroatoms. The summed E-state index contributed by atoms with van der Waals surface area (Å²) in [7, 11) is 0. The summed E-state index contributed by atoms with van der Waals surface area (Å²) in [5.74, 6) is -0.257. The van der Waals surface area contributed by atoms with E-state index in [1.54, 1.807) is 12.1 Å². The van der Waals surface area contributed by atoms with Crippen molar-refractivity contribution in [3.63, 3.8) is 0 Å². The molecular formula is C19H14FNO. The number of hydrogen-bond acceptors (Lipinski definition) is 2. The van der Waals surface area contributed by atoms with Gasteiger partial charge >= 0.3 is 0 Å². The Kier molecular flexibility index (Phi) is 4.02. The first-order chi connectivity index (χ1) is 10.8. The molecule has 3 rings (SSSR count). The Hall–Kier alpha value is -2.86. The summed E-state index contributed by atoms with van der Waals surface area (Å²) < 4.78 is 19.1. The van der Waals surface area contributed by atoms with Crippen LogP contribution in [-0.4, -0.2) is 6.61 Å². The first-order valence-electron chi connectivity index (χ1n) is 7.07. The molecule has 0 saturated carbocycles. The fourth-order valence-electron chi connectivity index (χ4n) is 2.51. The van der Waals surface area contributed by atoms with Gasteiger partial charge in [-0.2, -0.15) is 5.26 Å². The fraction of sp³-hybridized carbons (Fsp3) is 0.105. The van der Waals surface area contributed by atoms with Crippen molar-refractivity contribution in [2.75, 3.05) is 6.61 Å². The quantitative estimate of drug-likeness (QED) is 0.710. The van der Waals surface area contributed by atoms with E-state index in [1.807, 2.05) is 24.3 Å². The van der Waals surface area contributed by atoms with E-state index in [0.29, 0.717) is 18.8 Å². The third kappa shape index (κ3) is 2.77. The zero-order chi connectivity index (χ0) is 15.4. The largest absolute Gasteiger partial charge is 0.492 e. The van der Waals surface area contributed by atoms with Gasteiger partial charge in [-0.15, -0.1) is 0 Å². The Morgan fingerprint density at radius 2 is 1.73 bits per heavy atom. The zero-order valence-corrected chi connectivity index (χ0v) is 11.9. The van der Waals surface area contributed by atoms with Crippen LogP contribution in [0.3, 0.4) is 0 Å². The van der Waals surface area contributed by atoms with Crippen LogP contribution in [0.1, 0.15) is 11.1 Å². The summed E-state index contributed by atoms with van der Waals surface area (Å²) in [6, 6.07) is 20.6. The van der Waals surface area contributed by atoms with Crippen LogP contribution < -0.4 is 4.74 Å². The number of nitrogens with zero attached hydrogens (tertiary/aromatic N) is 1. The molecule has 0 unspecified atom stereocenters. The van der Waals surface area contributed by atoms with Crippen molar-refractivity contribution in [2.45, 2.75) is 6.42 Å². The second-order valence-corrected chi connectivity index (χ2v) is 4.96. The van der Waals surface area contributed by atoms with Crippen LogP contribution in [0.5, 0.6) is 5.75 Å². The highest BCUT2D eigenvalue weighted by Crippen LogP contribution is 2.22. The van der Waals surface area contributed by atoms with Gasteiger partial charge in [0.1, 0.15) is 23.2 Å². The van der Waals surface area contributed by atoms with Crippen molar-refractivity contribution < 1.29 is 9.13 Å². The van der Waals surface area contributed by atoms with Crippen molar-refractivity contribution in [1.82, 2.24) is 0 Å². The maximum absolute atomic E-state index is 13.5. The molecular weight excluding hydrogens is 277 g/mol. The molecule has 3 aromatic rings. The van der Waals surface area contributed by atoms with Gasteiger partial charge in [-0.1, -0.05) is 48.5 Å². The van der Waals surface area contributed by atoms with Gasteiger partial charge in [0.25, 0.3) is 0 Å². The molecule has 0 atom stereocenters. The second-order valence-electron chi connectivity index (χ2n) is 4.96. The van der Waals surface area contributed by atoms with E-state index >= 15 is 0 Å². The van der Waals surface area contributed by atoms with Crippen LogP contribution in [-0.2, 0) is 6.42 Å². The lowest BCUT2D eigenvalue weighted by molar-refractivity contribution is 0.319. The Morgan fingerprint density at radius 1 is 0.955 bits per heavy atom. The van der Waals surface area contributed by atoms with Crippen LogP contribution in [0.2, 0.25) is 0 Å². The van der Waals surface area contributed by atoms with E-state index in [-0.39, 0.29) is 5.56 Å². The summed E-state index contributed by atoms with van der Waals surface area (Å²) in [5.41, 5.74) is 1.13. The minimum Gasteiger partial charge on any atom is -0.492 e. The Labute approximate surface area is 128 Å². The third-order valence-electron chi connectivity index (χ3n) is 3.60. The molecule has 3 aromatic carbocycles. The monoisotopic (exact) mass is 291 g/mol. The number of fused-ring (bicyclic) bond motifs is 1. The molecule has 0 bridgehead atoms. The molecule has 0 aliphatic carbocycles. The lowest BCUT2D eigenvalue weighted by Crippen LogP contribution is -2.04. The highest BCUT2D eigenvalue weighted by Gasteiger charge is 2.09. The highest BCUT2D eigenvalue weighted by atomic mass is 19.1. The third-order valence-corrected chi connectivity index (χ3v) is 3.60. The molecule has 0 aliphatic rings. The van der Waals surface area contributed by atoms with Gasteiger partial charge in [0.15, 0.2) is 0 Å². The Balaban J connectivity index is 1.76. The molecule has 2 nitrogen and oxygen atoms in total. The van der Waals surface area contributed by atoms with Crippen LogP contribution in [0.25, 0.3) is 10.8 Å². The highest BCUT2D eigenvalue weighted by molar-refractivity contribution is 5.85. The lowest BCUT2D eigenvalue weighted by atomic mass is 10.0. The standard InChI is InChI=1S/C19H14FNO/c20-18-9-4-10-19(17(18)13-21)22-12-11-15-7-3-6-14-5-1-2-8-16(14)15/h1-10H,11-12H2. The first kappa shape index (κ1) is 14.1. The first-order valence-corrected chi connectivity index (χ1v) is 7.07. The average molecular weight is 291 g/mol. The van der Waals surface area contributed by atoms with Gasteiger partial charge in [-0.25, -0.2) is 4.39 Å². The van der Waals surface area contributed by atoms with E-state index in [4.69, 9.17) is 10.00 Å². The molecule has 0 N–H and O–H groups in total. The number of halogens is 1. The summed E-state index contributed by atoms with van der Waals surface area (Å²) in [5, 5.41) is 11.4. The number of hydrogen-bond donors (Lipinski definition) is 0. The summed E-state index contributed by atoms with van der Waals surface area (Å²) >= 11 is 0. The minimum atomic E-state index is -0.551. The predicted molar refractivity (Wildman–Crippen MR) is 84.3 cm³/mol. The van der Waals surface area contributed by atoms with Gasteiger partial charge in [0.2, 0.25) is 0 Å². The van der Waals surface area contributed by atoms with Crippen molar-refractivity contribution >= 4 is 10.8 Å². The number of ether oxygens (including phenoxy) is 1. The van der Waals surface area contributed by atoms with Crippen molar-refractivity contribution in [2.24, 2.45) is 0 Å². The van der Waals surface area contributed by atoms with Gasteiger partial charge in [-0.3, -0.25) is 0 Å². The van der Waals surface area contributed by atoms with Crippen LogP contribution in [0.15, 0.2) is 60.7 Å². The molecule has 0 amide bonds. The van der Waals surface area contributed by atoms with Crippen LogP contribution in [0, 0.1) is 17.1 Å². The molecule has 0 heterocycles. The maximum atomic E-state index is 13.5. The summed E-state index contributed by atoms with van der Waals surface area (Å²) in [6.07, 6.45) is 0.697. The fourth-order valence-corrected chi connectivity index (χ4v) is 2.51. The average Bonchev–Trinajstić information content (AvgIpc) is 2.55. The minimum absolute atomic E-state index is 0.0413. The van der Waals surface area contributed by atoms with Gasteiger partial charge in [0.05, 0.1) is 6.61 Å². The van der Waals surface area contributed by atoms with Crippen LogP contribution >= 0.6 is 0 Å². The molecule has 22 heavy (non-hydrogen) atoms. The van der Waals surface area contributed by atoms with Crippen LogP contribution in [0.4, 0.5) is 4.39 Å². The van der Waals surface area contributed by atoms with Gasteiger partial charge in [-0.05, 0) is 28.5 Å². The molecule has 0 aliphatic heterocycles. The second kappa shape index (κ2) is 6.28. The van der Waals surface area contributed by atoms with E-state index in [0.717, 1.165) is 0 Å². The SMILES string of the molecule is N#Cc1c(F)cccc1OCCc1cccc2ccccc12. The molecule has 0 spiro atoms. The Bertz CT molecular complexity index is 846. The Morgan fingerprint density at radius 3 is 2.59 bits per heavy atom. The maximum Gasteiger partial charge on any atom is 0.144 e. The smallest absolute Gasteiger partial charge is 0.144 e. The van der Waals surface area contributed by atoms with Gasteiger partial charge in [0, 0.05) is 6.42 Å². The molecule has 0 radical (unpaired) electrons. The molecule has 108 valence electrons. The van der Waals surface area contributed by atoms with Crippen molar-refractivity contribution in [3.05, 3.63) is 77.6 Å². The molecule has 0 aromatic heterocycles. The number of nitriles is 1. The van der Waals surface area contributed by atoms with Crippen molar-refractivity contribution in [3.8, 4) is 11.8 Å². The lowest BCUT2D eigenvalue weighted by Gasteiger charge is -2.10.